The zero-order valence-electron chi connectivity index (χ0n) is 14.5. The van der Waals surface area contributed by atoms with Crippen LogP contribution in [0.1, 0.15) is 23.3 Å². The van der Waals surface area contributed by atoms with Gasteiger partial charge < -0.3 is 24.4 Å². The minimum atomic E-state index is -0.299. The molecule has 7 nitrogen and oxygen atoms in total. The van der Waals surface area contributed by atoms with Crippen LogP contribution in [-0.4, -0.2) is 90.5 Å². The molecule has 3 rings (SSSR count). The number of piperidine rings is 1. The van der Waals surface area contributed by atoms with Crippen molar-refractivity contribution in [3.05, 3.63) is 24.0 Å². The zero-order valence-corrected chi connectivity index (χ0v) is 14.5. The van der Waals surface area contributed by atoms with Gasteiger partial charge in [-0.25, -0.2) is 0 Å². The molecule has 0 unspecified atom stereocenters. The summed E-state index contributed by atoms with van der Waals surface area (Å²) in [7, 11) is 4.01. The van der Waals surface area contributed by atoms with Crippen LogP contribution in [0, 0.1) is 0 Å². The van der Waals surface area contributed by atoms with E-state index in [9.17, 15) is 9.59 Å². The second-order valence-corrected chi connectivity index (χ2v) is 6.97. The second kappa shape index (κ2) is 6.94. The molecule has 3 heterocycles. The Kier molecular flexibility index (Phi) is 4.91. The average Bonchev–Trinajstić information content (AvgIpc) is 3.10. The third-order valence-corrected chi connectivity index (χ3v) is 4.94. The van der Waals surface area contributed by atoms with Gasteiger partial charge in [0.2, 0.25) is 5.91 Å². The number of aromatic nitrogens is 1. The van der Waals surface area contributed by atoms with Crippen molar-refractivity contribution in [2.45, 2.75) is 18.4 Å². The van der Waals surface area contributed by atoms with Gasteiger partial charge in [0.15, 0.2) is 0 Å². The highest BCUT2D eigenvalue weighted by molar-refractivity contribution is 5.92. The molecule has 132 valence electrons. The molecule has 24 heavy (non-hydrogen) atoms. The van der Waals surface area contributed by atoms with Gasteiger partial charge in [-0.2, -0.15) is 0 Å². The fourth-order valence-electron chi connectivity index (χ4n) is 3.37. The minimum Gasteiger partial charge on any atom is -0.363 e. The summed E-state index contributed by atoms with van der Waals surface area (Å²) >= 11 is 0. The lowest BCUT2D eigenvalue weighted by Gasteiger charge is -2.47. The summed E-state index contributed by atoms with van der Waals surface area (Å²) in [6.45, 7) is 3.67. The lowest BCUT2D eigenvalue weighted by atomic mass is 9.89. The fourth-order valence-corrected chi connectivity index (χ4v) is 3.37. The van der Waals surface area contributed by atoms with Crippen LogP contribution < -0.4 is 0 Å². The number of likely N-dealkylation sites (tertiary alicyclic amines) is 1. The third kappa shape index (κ3) is 3.62. The summed E-state index contributed by atoms with van der Waals surface area (Å²) in [4.78, 5) is 33.3. The van der Waals surface area contributed by atoms with E-state index in [1.165, 1.54) is 0 Å². The first kappa shape index (κ1) is 17.0. The van der Waals surface area contributed by atoms with Crippen LogP contribution in [0.5, 0.6) is 0 Å². The van der Waals surface area contributed by atoms with Crippen molar-refractivity contribution in [1.29, 1.82) is 0 Å². The van der Waals surface area contributed by atoms with Gasteiger partial charge in [0.1, 0.15) is 12.3 Å². The van der Waals surface area contributed by atoms with E-state index >= 15 is 0 Å². The first-order valence-corrected chi connectivity index (χ1v) is 8.48. The molecule has 2 amide bonds. The molecule has 1 aromatic rings. The number of carbonyl (C=O) groups is 2. The Morgan fingerprint density at radius 2 is 2.12 bits per heavy atom. The fraction of sp³-hybridized carbons (Fsp3) is 0.647. The molecule has 0 saturated carbocycles. The lowest BCUT2D eigenvalue weighted by molar-refractivity contribution is -0.170. The molecule has 2 aliphatic rings. The molecule has 2 aliphatic heterocycles. The summed E-state index contributed by atoms with van der Waals surface area (Å²) in [5.41, 5.74) is 0.325. The van der Waals surface area contributed by atoms with Crippen LogP contribution in [0.25, 0.3) is 0 Å². The van der Waals surface area contributed by atoms with E-state index in [-0.39, 0.29) is 24.0 Å². The minimum absolute atomic E-state index is 0.0335. The van der Waals surface area contributed by atoms with Crippen molar-refractivity contribution >= 4 is 11.8 Å². The summed E-state index contributed by atoms with van der Waals surface area (Å²) in [5, 5.41) is 0. The summed E-state index contributed by atoms with van der Waals surface area (Å²) in [6.07, 6.45) is 3.30. The number of morpholine rings is 1. The lowest BCUT2D eigenvalue weighted by Crippen LogP contribution is -2.59. The van der Waals surface area contributed by atoms with Gasteiger partial charge >= 0.3 is 0 Å². The van der Waals surface area contributed by atoms with E-state index in [1.807, 2.05) is 30.0 Å². The molecule has 0 radical (unpaired) electrons. The highest BCUT2D eigenvalue weighted by Gasteiger charge is 2.43. The molecular formula is C17H26N4O3. The normalized spacial score (nSPS) is 20.9. The number of nitrogens with zero attached hydrogens (tertiary/aromatic N) is 3. The highest BCUT2D eigenvalue weighted by atomic mass is 16.5. The number of likely N-dealkylation sites (N-methyl/N-ethyl adjacent to an activating group) is 1. The smallest absolute Gasteiger partial charge is 0.270 e. The Labute approximate surface area is 142 Å². The van der Waals surface area contributed by atoms with E-state index in [0.717, 1.165) is 25.9 Å². The van der Waals surface area contributed by atoms with Crippen molar-refractivity contribution in [2.24, 2.45) is 0 Å². The van der Waals surface area contributed by atoms with Gasteiger partial charge in [-0.05, 0) is 39.1 Å². The maximum atomic E-state index is 12.4. The van der Waals surface area contributed by atoms with Crippen LogP contribution in [0.2, 0.25) is 0 Å². The van der Waals surface area contributed by atoms with Crippen LogP contribution in [0.15, 0.2) is 18.3 Å². The topological polar surface area (TPSA) is 68.9 Å². The maximum Gasteiger partial charge on any atom is 0.270 e. The second-order valence-electron chi connectivity index (χ2n) is 6.97. The standard InChI is InChI=1S/C17H26N4O3/c1-19(2)10-11-21-13-17(24-12-15(21)22)5-8-20(9-6-17)16(23)14-4-3-7-18-14/h3-4,7,18H,5-6,8-13H2,1-2H3. The molecule has 1 N–H and O–H groups in total. The number of carbonyl (C=O) groups excluding carboxylic acids is 2. The molecule has 1 aromatic heterocycles. The van der Waals surface area contributed by atoms with Crippen molar-refractivity contribution in [3.8, 4) is 0 Å². The first-order valence-electron chi connectivity index (χ1n) is 8.48. The van der Waals surface area contributed by atoms with Crippen molar-refractivity contribution in [3.63, 3.8) is 0 Å². The number of hydrogen-bond donors (Lipinski definition) is 1. The number of nitrogens with one attached hydrogen (secondary N) is 1. The van der Waals surface area contributed by atoms with Crippen LogP contribution in [0.3, 0.4) is 0 Å². The van der Waals surface area contributed by atoms with Gasteiger partial charge in [0, 0.05) is 38.9 Å². The molecule has 7 heteroatoms. The monoisotopic (exact) mass is 334 g/mol. The quantitative estimate of drug-likeness (QED) is 0.866. The number of amides is 2. The average molecular weight is 334 g/mol. The maximum absolute atomic E-state index is 12.4. The van der Waals surface area contributed by atoms with E-state index in [0.29, 0.717) is 25.3 Å². The van der Waals surface area contributed by atoms with Crippen molar-refractivity contribution in [1.82, 2.24) is 19.7 Å². The molecular weight excluding hydrogens is 308 g/mol. The van der Waals surface area contributed by atoms with Crippen LogP contribution in [0.4, 0.5) is 0 Å². The molecule has 2 fully saturated rings. The number of rotatable bonds is 4. The largest absolute Gasteiger partial charge is 0.363 e. The number of ether oxygens (including phenoxy) is 1. The molecule has 0 aliphatic carbocycles. The Bertz CT molecular complexity index is 577. The third-order valence-electron chi connectivity index (χ3n) is 4.94. The van der Waals surface area contributed by atoms with Crippen LogP contribution in [-0.2, 0) is 9.53 Å². The number of H-pyrrole nitrogens is 1. The molecule has 2 saturated heterocycles. The SMILES string of the molecule is CN(C)CCN1CC2(CCN(C(=O)c3ccc[nH]3)CC2)OCC1=O. The van der Waals surface area contributed by atoms with E-state index in [1.54, 1.807) is 12.3 Å². The van der Waals surface area contributed by atoms with Gasteiger partial charge in [0.25, 0.3) is 5.91 Å². The molecule has 0 atom stereocenters. The number of aromatic amines is 1. The van der Waals surface area contributed by atoms with Crippen LogP contribution >= 0.6 is 0 Å². The van der Waals surface area contributed by atoms with Crippen molar-refractivity contribution < 1.29 is 14.3 Å². The van der Waals surface area contributed by atoms with E-state index in [2.05, 4.69) is 9.88 Å². The van der Waals surface area contributed by atoms with Gasteiger partial charge in [0.05, 0.1) is 5.60 Å². The Morgan fingerprint density at radius 1 is 1.38 bits per heavy atom. The van der Waals surface area contributed by atoms with E-state index < -0.39 is 0 Å². The number of hydrogen-bond acceptors (Lipinski definition) is 4. The van der Waals surface area contributed by atoms with Gasteiger partial charge in [-0.3, -0.25) is 9.59 Å². The molecule has 0 aromatic carbocycles. The van der Waals surface area contributed by atoms with E-state index in [4.69, 9.17) is 4.74 Å². The Morgan fingerprint density at radius 3 is 2.75 bits per heavy atom. The van der Waals surface area contributed by atoms with Gasteiger partial charge in [-0.1, -0.05) is 0 Å². The van der Waals surface area contributed by atoms with Gasteiger partial charge in [-0.15, -0.1) is 0 Å². The summed E-state index contributed by atoms with van der Waals surface area (Å²) in [6, 6.07) is 3.63. The summed E-state index contributed by atoms with van der Waals surface area (Å²) in [5.74, 6) is 0.0959. The summed E-state index contributed by atoms with van der Waals surface area (Å²) < 4.78 is 5.92. The first-order chi connectivity index (χ1) is 11.5. The highest BCUT2D eigenvalue weighted by Crippen LogP contribution is 2.31. The molecule has 1 spiro atoms. The predicted molar refractivity (Wildman–Crippen MR) is 89.7 cm³/mol. The Balaban J connectivity index is 1.58. The predicted octanol–water partition coefficient (Wildman–Crippen LogP) is 0.410. The van der Waals surface area contributed by atoms with Crippen molar-refractivity contribution in [2.75, 3.05) is 53.4 Å². The Hall–Kier alpha value is -1.86. The molecule has 0 bridgehead atoms. The zero-order chi connectivity index (χ0) is 17.2.